The van der Waals surface area contributed by atoms with Crippen LogP contribution < -0.4 is 5.48 Å². The minimum Gasteiger partial charge on any atom is -0.385 e. The normalized spacial score (nSPS) is 26.5. The van der Waals surface area contributed by atoms with E-state index < -0.39 is 5.91 Å². The number of pyridine rings is 1. The summed E-state index contributed by atoms with van der Waals surface area (Å²) in [6.45, 7) is 5.10. The molecule has 2 aliphatic rings. The fourth-order valence-corrected chi connectivity index (χ4v) is 4.12. The van der Waals surface area contributed by atoms with E-state index >= 15 is 0 Å². The predicted molar refractivity (Wildman–Crippen MR) is 89.8 cm³/mol. The van der Waals surface area contributed by atoms with Gasteiger partial charge in [-0.2, -0.15) is 0 Å². The van der Waals surface area contributed by atoms with Crippen LogP contribution in [0.1, 0.15) is 54.2 Å². The first-order valence-electron chi connectivity index (χ1n) is 8.70. The molecule has 24 heavy (non-hydrogen) atoms. The fourth-order valence-electron chi connectivity index (χ4n) is 4.12. The van der Waals surface area contributed by atoms with Gasteiger partial charge in [-0.3, -0.25) is 19.9 Å². The van der Waals surface area contributed by atoms with Crippen LogP contribution in [0.3, 0.4) is 0 Å². The van der Waals surface area contributed by atoms with E-state index in [2.05, 4.69) is 16.8 Å². The number of hydroxylamine groups is 1. The monoisotopic (exact) mass is 333 g/mol. The van der Waals surface area contributed by atoms with Gasteiger partial charge in [-0.05, 0) is 49.1 Å². The second-order valence-electron chi connectivity index (χ2n) is 7.46. The Labute approximate surface area is 143 Å². The molecule has 0 radical (unpaired) electrons. The number of aromatic nitrogens is 1. The molecule has 6 nitrogen and oxygen atoms in total. The third kappa shape index (κ3) is 3.61. The highest BCUT2D eigenvalue weighted by atomic mass is 16.5. The first-order chi connectivity index (χ1) is 11.5. The third-order valence-electron chi connectivity index (χ3n) is 5.55. The molecule has 1 saturated carbocycles. The van der Waals surface area contributed by atoms with Gasteiger partial charge < -0.3 is 4.74 Å². The number of ether oxygens (including phenoxy) is 1. The Balaban J connectivity index is 1.56. The lowest BCUT2D eigenvalue weighted by atomic mass is 9.63. The minimum atomic E-state index is -0.501. The van der Waals surface area contributed by atoms with E-state index in [9.17, 15) is 4.79 Å². The molecule has 0 spiro atoms. The Bertz CT molecular complexity index is 599. The summed E-state index contributed by atoms with van der Waals surface area (Å²) >= 11 is 0. The van der Waals surface area contributed by atoms with E-state index in [1.807, 2.05) is 6.07 Å². The average Bonchev–Trinajstić information content (AvgIpc) is 2.58. The number of amides is 1. The summed E-state index contributed by atoms with van der Waals surface area (Å²) in [6, 6.07) is 2.49. The molecular weight excluding hydrogens is 306 g/mol. The number of fused-ring (bicyclic) bond motifs is 1. The van der Waals surface area contributed by atoms with Crippen LogP contribution in [0, 0.1) is 5.41 Å². The van der Waals surface area contributed by atoms with Crippen LogP contribution in [0.25, 0.3) is 0 Å². The van der Waals surface area contributed by atoms with Crippen LogP contribution in [0.5, 0.6) is 0 Å². The van der Waals surface area contributed by atoms with Crippen LogP contribution in [-0.2, 0) is 17.7 Å². The number of rotatable bonds is 6. The Morgan fingerprint density at radius 1 is 1.54 bits per heavy atom. The molecular formula is C18H27N3O3. The molecule has 2 heterocycles. The Kier molecular flexibility index (Phi) is 5.18. The van der Waals surface area contributed by atoms with E-state index in [1.165, 1.54) is 19.3 Å². The molecule has 1 fully saturated rings. The number of carbonyl (C=O) groups excluding carboxylic acids is 1. The number of methoxy groups -OCH3 is 1. The Morgan fingerprint density at radius 2 is 2.33 bits per heavy atom. The van der Waals surface area contributed by atoms with E-state index in [1.54, 1.807) is 18.8 Å². The first kappa shape index (κ1) is 17.3. The van der Waals surface area contributed by atoms with Crippen molar-refractivity contribution in [2.75, 3.05) is 20.3 Å². The molecule has 132 valence electrons. The van der Waals surface area contributed by atoms with Gasteiger partial charge in [0.2, 0.25) is 0 Å². The highest BCUT2D eigenvalue weighted by Gasteiger charge is 2.43. The third-order valence-corrected chi connectivity index (χ3v) is 5.55. The largest absolute Gasteiger partial charge is 0.385 e. The average molecular weight is 333 g/mol. The zero-order chi connectivity index (χ0) is 17.2. The zero-order valence-corrected chi connectivity index (χ0v) is 14.5. The fraction of sp³-hybridized carbons (Fsp3) is 0.667. The van der Waals surface area contributed by atoms with Gasteiger partial charge in [0.05, 0.1) is 11.3 Å². The lowest BCUT2D eigenvalue weighted by Gasteiger charge is -2.51. The number of carbonyl (C=O) groups is 1. The molecule has 1 aliphatic carbocycles. The smallest absolute Gasteiger partial charge is 0.276 e. The summed E-state index contributed by atoms with van der Waals surface area (Å²) in [4.78, 5) is 18.5. The maximum atomic E-state index is 11.5. The molecule has 2 N–H and O–H groups in total. The van der Waals surface area contributed by atoms with Crippen LogP contribution in [0.4, 0.5) is 0 Å². The van der Waals surface area contributed by atoms with Crippen molar-refractivity contribution < 1.29 is 14.7 Å². The molecule has 6 heteroatoms. The summed E-state index contributed by atoms with van der Waals surface area (Å²) in [5.74, 6) is -0.501. The molecule has 1 aliphatic heterocycles. The van der Waals surface area contributed by atoms with E-state index in [4.69, 9.17) is 9.94 Å². The maximum Gasteiger partial charge on any atom is 0.276 e. The highest BCUT2D eigenvalue weighted by molar-refractivity contribution is 5.93. The molecule has 0 aromatic carbocycles. The maximum absolute atomic E-state index is 11.5. The van der Waals surface area contributed by atoms with Crippen LogP contribution in [0.2, 0.25) is 0 Å². The van der Waals surface area contributed by atoms with Crippen molar-refractivity contribution in [1.82, 2.24) is 15.4 Å². The van der Waals surface area contributed by atoms with E-state index in [0.29, 0.717) is 17.0 Å². The van der Waals surface area contributed by atoms with Crippen molar-refractivity contribution in [3.05, 3.63) is 29.1 Å². The van der Waals surface area contributed by atoms with E-state index in [0.717, 1.165) is 43.8 Å². The SMILES string of the molecule is COCCC[C@]1(C)C[C@H](N2CCc3cc(C(=O)NO)cnc3C2)C1. The van der Waals surface area contributed by atoms with Gasteiger partial charge in [-0.25, -0.2) is 5.48 Å². The zero-order valence-electron chi connectivity index (χ0n) is 14.5. The second kappa shape index (κ2) is 7.17. The molecule has 0 bridgehead atoms. The predicted octanol–water partition coefficient (Wildman–Crippen LogP) is 2.15. The summed E-state index contributed by atoms with van der Waals surface area (Å²) < 4.78 is 5.16. The van der Waals surface area contributed by atoms with Gasteiger partial charge in [0, 0.05) is 39.0 Å². The van der Waals surface area contributed by atoms with Crippen LogP contribution >= 0.6 is 0 Å². The summed E-state index contributed by atoms with van der Waals surface area (Å²) in [7, 11) is 1.76. The number of hydrogen-bond donors (Lipinski definition) is 2. The Hall–Kier alpha value is -1.50. The van der Waals surface area contributed by atoms with Gasteiger partial charge in [0.1, 0.15) is 0 Å². The van der Waals surface area contributed by atoms with Gasteiger partial charge in [-0.15, -0.1) is 0 Å². The lowest BCUT2D eigenvalue weighted by Crippen LogP contribution is -2.51. The number of nitrogens with zero attached hydrogens (tertiary/aromatic N) is 2. The van der Waals surface area contributed by atoms with E-state index in [-0.39, 0.29) is 0 Å². The quantitative estimate of drug-likeness (QED) is 0.474. The van der Waals surface area contributed by atoms with Crippen molar-refractivity contribution >= 4 is 5.91 Å². The number of nitrogens with one attached hydrogen (secondary N) is 1. The van der Waals surface area contributed by atoms with Gasteiger partial charge in [-0.1, -0.05) is 6.92 Å². The van der Waals surface area contributed by atoms with Crippen molar-refractivity contribution in [3.8, 4) is 0 Å². The van der Waals surface area contributed by atoms with Gasteiger partial charge >= 0.3 is 0 Å². The highest BCUT2D eigenvalue weighted by Crippen LogP contribution is 2.47. The number of hydrogen-bond acceptors (Lipinski definition) is 5. The molecule has 0 saturated heterocycles. The van der Waals surface area contributed by atoms with Crippen molar-refractivity contribution in [1.29, 1.82) is 0 Å². The standard InChI is InChI=1S/C18H27N3O3/c1-18(5-3-7-24-2)9-15(10-18)21-6-4-13-8-14(17(22)20-23)11-19-16(13)12-21/h8,11,15,23H,3-7,9-10,12H2,1-2H3,(H,20,22)/t15-,18+. The van der Waals surface area contributed by atoms with Crippen molar-refractivity contribution in [2.24, 2.45) is 5.41 Å². The van der Waals surface area contributed by atoms with Crippen LogP contribution in [-0.4, -0.2) is 47.3 Å². The molecule has 0 atom stereocenters. The minimum absolute atomic E-state index is 0.416. The Morgan fingerprint density at radius 3 is 3.04 bits per heavy atom. The molecule has 3 rings (SSSR count). The molecule has 1 aromatic heterocycles. The summed E-state index contributed by atoms with van der Waals surface area (Å²) in [5.41, 5.74) is 4.72. The van der Waals surface area contributed by atoms with Gasteiger partial charge in [0.25, 0.3) is 5.91 Å². The lowest BCUT2D eigenvalue weighted by molar-refractivity contribution is -0.00543. The van der Waals surface area contributed by atoms with Gasteiger partial charge in [0.15, 0.2) is 0 Å². The topological polar surface area (TPSA) is 74.7 Å². The van der Waals surface area contributed by atoms with Crippen LogP contribution in [0.15, 0.2) is 12.3 Å². The second-order valence-corrected chi connectivity index (χ2v) is 7.46. The van der Waals surface area contributed by atoms with Crippen molar-refractivity contribution in [2.45, 2.75) is 51.6 Å². The molecule has 0 unspecified atom stereocenters. The first-order valence-corrected chi connectivity index (χ1v) is 8.70. The van der Waals surface area contributed by atoms with Crippen molar-refractivity contribution in [3.63, 3.8) is 0 Å². The molecule has 1 aromatic rings. The summed E-state index contributed by atoms with van der Waals surface area (Å²) in [5, 5.41) is 8.73. The summed E-state index contributed by atoms with van der Waals surface area (Å²) in [6.07, 6.45) is 7.32. The molecule has 1 amide bonds.